The largest absolute Gasteiger partial charge is 1.00 e. The van der Waals surface area contributed by atoms with Crippen LogP contribution in [0.2, 0.25) is 0 Å². The van der Waals surface area contributed by atoms with Crippen LogP contribution in [0.1, 0.15) is 17.8 Å². The highest BCUT2D eigenvalue weighted by Crippen LogP contribution is 2.25. The summed E-state index contributed by atoms with van der Waals surface area (Å²) >= 11 is 1.43. The van der Waals surface area contributed by atoms with Crippen LogP contribution in [-0.2, 0) is 24.3 Å². The quantitative estimate of drug-likeness (QED) is 0.643. The van der Waals surface area contributed by atoms with Crippen molar-refractivity contribution >= 4 is 22.4 Å². The van der Waals surface area contributed by atoms with E-state index in [1.165, 1.54) is 34.0 Å². The van der Waals surface area contributed by atoms with Crippen molar-refractivity contribution < 1.29 is 21.8 Å². The van der Waals surface area contributed by atoms with Gasteiger partial charge in [-0.25, -0.2) is 14.1 Å². The summed E-state index contributed by atoms with van der Waals surface area (Å²) < 4.78 is 4.41. The van der Waals surface area contributed by atoms with E-state index in [4.69, 9.17) is 0 Å². The van der Waals surface area contributed by atoms with Gasteiger partial charge in [-0.1, -0.05) is 29.8 Å². The van der Waals surface area contributed by atoms with Crippen molar-refractivity contribution in [3.05, 3.63) is 53.4 Å². The van der Waals surface area contributed by atoms with E-state index in [1.54, 1.807) is 6.20 Å². The minimum Gasteiger partial charge on any atom is -1.00 e. The lowest BCUT2D eigenvalue weighted by atomic mass is 10.1. The van der Waals surface area contributed by atoms with Gasteiger partial charge in [0, 0.05) is 17.1 Å². The molecule has 0 atom stereocenters. The van der Waals surface area contributed by atoms with Crippen LogP contribution in [0.3, 0.4) is 0 Å². The zero-order valence-corrected chi connectivity index (χ0v) is 15.5. The van der Waals surface area contributed by atoms with Crippen molar-refractivity contribution in [2.45, 2.75) is 32.9 Å². The van der Waals surface area contributed by atoms with Gasteiger partial charge in [0.05, 0.1) is 13.0 Å². The molecule has 3 aromatic rings. The highest BCUT2D eigenvalue weighted by molar-refractivity contribution is 7.13. The number of carbonyl (C=O) groups excluding carboxylic acids is 1. The van der Waals surface area contributed by atoms with E-state index in [1.807, 2.05) is 5.38 Å². The molecule has 0 radical (unpaired) electrons. The number of rotatable bonds is 4. The minimum absolute atomic E-state index is 0. The fraction of sp³-hybridized carbons (Fsp3) is 0.278. The minimum atomic E-state index is -0.0364. The predicted molar refractivity (Wildman–Crippen MR) is 93.9 cm³/mol. The van der Waals surface area contributed by atoms with Crippen LogP contribution in [0.15, 0.2) is 42.0 Å². The summed E-state index contributed by atoms with van der Waals surface area (Å²) in [7, 11) is 0. The summed E-state index contributed by atoms with van der Waals surface area (Å²) in [5.41, 5.74) is 3.63. The number of anilines is 1. The number of imidazole rings is 1. The fourth-order valence-electron chi connectivity index (χ4n) is 3.20. The predicted octanol–water partition coefficient (Wildman–Crippen LogP) is -0.204. The summed E-state index contributed by atoms with van der Waals surface area (Å²) in [6.45, 7) is 3.43. The van der Waals surface area contributed by atoms with Gasteiger partial charge in [0.1, 0.15) is 6.20 Å². The first-order valence-electron chi connectivity index (χ1n) is 8.09. The van der Waals surface area contributed by atoms with Crippen molar-refractivity contribution in [1.82, 2.24) is 9.55 Å². The molecule has 1 aliphatic heterocycles. The van der Waals surface area contributed by atoms with E-state index in [0.29, 0.717) is 11.7 Å². The molecule has 5 nitrogen and oxygen atoms in total. The fourth-order valence-corrected chi connectivity index (χ4v) is 3.74. The Morgan fingerprint density at radius 2 is 2.16 bits per heavy atom. The number of amides is 1. The summed E-state index contributed by atoms with van der Waals surface area (Å²) in [5, 5.41) is 5.36. The molecule has 0 saturated heterocycles. The number of fused-ring (bicyclic) bond motifs is 1. The normalized spacial score (nSPS) is 12.5. The van der Waals surface area contributed by atoms with Crippen molar-refractivity contribution in [1.29, 1.82) is 0 Å². The topological polar surface area (TPSA) is 50.8 Å². The van der Waals surface area contributed by atoms with E-state index in [-0.39, 0.29) is 18.3 Å². The maximum atomic E-state index is 12.3. The van der Waals surface area contributed by atoms with Crippen LogP contribution in [0.25, 0.3) is 11.3 Å². The molecule has 1 N–H and O–H groups in total. The molecule has 0 aliphatic carbocycles. The Morgan fingerprint density at radius 1 is 1.36 bits per heavy atom. The van der Waals surface area contributed by atoms with Gasteiger partial charge in [0.15, 0.2) is 17.4 Å². The molecule has 0 bridgehead atoms. The number of carbonyl (C=O) groups is 1. The average molecular weight is 375 g/mol. The number of benzene rings is 1. The number of thiazole rings is 1. The Bertz CT molecular complexity index is 871. The summed E-state index contributed by atoms with van der Waals surface area (Å²) in [5.74, 6) is 1.19. The second-order valence-corrected chi connectivity index (χ2v) is 6.96. The smallest absolute Gasteiger partial charge is 0.268 e. The third-order valence-electron chi connectivity index (χ3n) is 4.33. The Labute approximate surface area is 156 Å². The zero-order valence-electron chi connectivity index (χ0n) is 13.9. The van der Waals surface area contributed by atoms with Crippen LogP contribution < -0.4 is 22.3 Å². The zero-order chi connectivity index (χ0) is 16.5. The molecule has 1 amide bonds. The lowest BCUT2D eigenvalue weighted by molar-refractivity contribution is -0.690. The molecular formula is C18H19ClN4OS. The first-order valence-corrected chi connectivity index (χ1v) is 8.97. The maximum absolute atomic E-state index is 12.3. The molecule has 1 aliphatic rings. The van der Waals surface area contributed by atoms with Crippen LogP contribution in [-0.4, -0.2) is 15.5 Å². The van der Waals surface area contributed by atoms with E-state index >= 15 is 0 Å². The van der Waals surface area contributed by atoms with E-state index in [9.17, 15) is 4.79 Å². The van der Waals surface area contributed by atoms with Gasteiger partial charge in [-0.2, -0.15) is 0 Å². The molecule has 130 valence electrons. The van der Waals surface area contributed by atoms with Crippen LogP contribution in [0, 0.1) is 6.92 Å². The average Bonchev–Trinajstić information content (AvgIpc) is 3.28. The highest BCUT2D eigenvalue weighted by Gasteiger charge is 2.29. The molecule has 0 unspecified atom stereocenters. The highest BCUT2D eigenvalue weighted by atomic mass is 35.5. The number of halogens is 1. The first-order chi connectivity index (χ1) is 11.7. The number of hydrogen-bond acceptors (Lipinski definition) is 3. The monoisotopic (exact) mass is 374 g/mol. The maximum Gasteiger partial charge on any atom is 0.268 e. The van der Waals surface area contributed by atoms with Gasteiger partial charge in [-0.15, -0.1) is 11.3 Å². The Morgan fingerprint density at radius 3 is 2.88 bits per heavy atom. The van der Waals surface area contributed by atoms with Crippen molar-refractivity contribution in [3.63, 3.8) is 0 Å². The van der Waals surface area contributed by atoms with Gasteiger partial charge in [0.2, 0.25) is 0 Å². The third kappa shape index (κ3) is 3.60. The molecule has 0 spiro atoms. The molecular weight excluding hydrogens is 356 g/mol. The lowest BCUT2D eigenvalue weighted by Gasteiger charge is -2.00. The standard InChI is InChI=1S/C18H18N4OS.ClH/c1-13-4-6-14(7-5-13)15-11-21(17-3-2-9-22(15)17)12-16(23)20-18-19-8-10-24-18;/h4-8,10-11H,2-3,9,12H2,1H3;1H. The molecule has 1 aromatic carbocycles. The van der Waals surface area contributed by atoms with E-state index in [2.05, 4.69) is 56.8 Å². The van der Waals surface area contributed by atoms with Crippen molar-refractivity contribution in [2.24, 2.45) is 0 Å². The third-order valence-corrected chi connectivity index (χ3v) is 5.02. The van der Waals surface area contributed by atoms with Crippen molar-refractivity contribution in [2.75, 3.05) is 5.32 Å². The molecule has 4 rings (SSSR count). The number of nitrogens with one attached hydrogen (secondary N) is 1. The van der Waals surface area contributed by atoms with Gasteiger partial charge in [0.25, 0.3) is 11.7 Å². The lowest BCUT2D eigenvalue weighted by Crippen LogP contribution is -3.00. The van der Waals surface area contributed by atoms with Crippen LogP contribution in [0.5, 0.6) is 0 Å². The summed E-state index contributed by atoms with van der Waals surface area (Å²) in [6, 6.07) is 8.56. The molecule has 25 heavy (non-hydrogen) atoms. The second kappa shape index (κ2) is 7.37. The Balaban J connectivity index is 0.00000182. The summed E-state index contributed by atoms with van der Waals surface area (Å²) in [4.78, 5) is 16.4. The number of aryl methyl sites for hydroxylation is 1. The van der Waals surface area contributed by atoms with Crippen molar-refractivity contribution in [3.8, 4) is 11.3 Å². The molecule has 0 saturated carbocycles. The first kappa shape index (κ1) is 17.6. The SMILES string of the molecule is Cc1ccc(-c2c[n+](CC(=O)Nc3nccs3)c3n2CCC3)cc1.[Cl-]. The number of aromatic nitrogens is 3. The Hall–Kier alpha value is -2.18. The number of hydrogen-bond donors (Lipinski definition) is 1. The molecule has 2 aromatic heterocycles. The summed E-state index contributed by atoms with van der Waals surface area (Å²) in [6.07, 6.45) is 5.93. The van der Waals surface area contributed by atoms with Gasteiger partial charge < -0.3 is 12.4 Å². The van der Waals surface area contributed by atoms with Crippen LogP contribution >= 0.6 is 11.3 Å². The van der Waals surface area contributed by atoms with Crippen LogP contribution in [0.4, 0.5) is 5.13 Å². The van der Waals surface area contributed by atoms with E-state index in [0.717, 1.165) is 19.4 Å². The van der Waals surface area contributed by atoms with Gasteiger partial charge >= 0.3 is 0 Å². The molecule has 0 fully saturated rings. The van der Waals surface area contributed by atoms with E-state index < -0.39 is 0 Å². The molecule has 3 heterocycles. The van der Waals surface area contributed by atoms with Gasteiger partial charge in [-0.3, -0.25) is 10.1 Å². The van der Waals surface area contributed by atoms with Gasteiger partial charge in [-0.05, 0) is 13.3 Å². The Kier molecular flexibility index (Phi) is 5.20. The second-order valence-electron chi connectivity index (χ2n) is 6.07. The molecule has 7 heteroatoms. The number of nitrogens with zero attached hydrogens (tertiary/aromatic N) is 3.